The smallest absolute Gasteiger partial charge is 0.423 e. The van der Waals surface area contributed by atoms with Crippen molar-refractivity contribution in [2.75, 3.05) is 7.11 Å². The fourth-order valence-corrected chi connectivity index (χ4v) is 1.50. The molecule has 1 aromatic rings. The Morgan fingerprint density at radius 1 is 1.64 bits per heavy atom. The molecular formula is C9H10BNO3. The lowest BCUT2D eigenvalue weighted by atomic mass is 9.78. The molecule has 14 heavy (non-hydrogen) atoms. The zero-order valence-electron chi connectivity index (χ0n) is 7.80. The van der Waals surface area contributed by atoms with Gasteiger partial charge in [-0.2, -0.15) is 0 Å². The van der Waals surface area contributed by atoms with E-state index in [1.807, 2.05) is 18.2 Å². The second kappa shape index (κ2) is 3.81. The lowest BCUT2D eigenvalue weighted by Crippen LogP contribution is -2.28. The van der Waals surface area contributed by atoms with Crippen molar-refractivity contribution in [2.45, 2.75) is 6.61 Å². The van der Waals surface area contributed by atoms with E-state index in [0.717, 1.165) is 16.6 Å². The second-order valence-electron chi connectivity index (χ2n) is 3.00. The zero-order valence-corrected chi connectivity index (χ0v) is 7.80. The van der Waals surface area contributed by atoms with Crippen LogP contribution < -0.4 is 5.46 Å². The Morgan fingerprint density at radius 3 is 3.29 bits per heavy atom. The number of fused-ring (bicyclic) bond motifs is 1. The molecule has 0 aliphatic carbocycles. The molecule has 1 N–H and O–H groups in total. The minimum atomic E-state index is -0.805. The van der Waals surface area contributed by atoms with Crippen LogP contribution >= 0.6 is 0 Å². The van der Waals surface area contributed by atoms with Crippen LogP contribution in [0.15, 0.2) is 23.4 Å². The van der Waals surface area contributed by atoms with Crippen LogP contribution in [-0.2, 0) is 16.1 Å². The van der Waals surface area contributed by atoms with E-state index in [-0.39, 0.29) is 0 Å². The molecule has 0 radical (unpaired) electrons. The average molecular weight is 191 g/mol. The van der Waals surface area contributed by atoms with E-state index in [1.54, 1.807) is 6.21 Å². The van der Waals surface area contributed by atoms with Gasteiger partial charge in [-0.25, -0.2) is 0 Å². The summed E-state index contributed by atoms with van der Waals surface area (Å²) in [5.41, 5.74) is 2.70. The summed E-state index contributed by atoms with van der Waals surface area (Å²) in [5, 5.41) is 13.1. The number of hydrogen-bond acceptors (Lipinski definition) is 4. The largest absolute Gasteiger partial charge is 0.491 e. The second-order valence-corrected chi connectivity index (χ2v) is 3.00. The number of rotatable bonds is 2. The minimum Gasteiger partial charge on any atom is -0.423 e. The van der Waals surface area contributed by atoms with Crippen molar-refractivity contribution in [3.63, 3.8) is 0 Å². The van der Waals surface area contributed by atoms with Gasteiger partial charge in [-0.05, 0) is 11.0 Å². The Balaban J connectivity index is 2.39. The summed E-state index contributed by atoms with van der Waals surface area (Å²) in [6, 6.07) is 5.60. The summed E-state index contributed by atoms with van der Waals surface area (Å²) in [4.78, 5) is 4.60. The summed E-state index contributed by atoms with van der Waals surface area (Å²) in [6.07, 6.45) is 1.61. The van der Waals surface area contributed by atoms with Crippen molar-refractivity contribution in [3.05, 3.63) is 29.3 Å². The maximum absolute atomic E-state index is 9.43. The summed E-state index contributed by atoms with van der Waals surface area (Å²) in [5.74, 6) is 0. The van der Waals surface area contributed by atoms with Gasteiger partial charge in [0.1, 0.15) is 7.11 Å². The Hall–Kier alpha value is -1.33. The van der Waals surface area contributed by atoms with Gasteiger partial charge >= 0.3 is 7.12 Å². The van der Waals surface area contributed by atoms with Gasteiger partial charge in [0.15, 0.2) is 0 Å². The van der Waals surface area contributed by atoms with Gasteiger partial charge in [0.05, 0.1) is 12.8 Å². The fraction of sp³-hybridized carbons (Fsp3) is 0.222. The number of hydrogen-bond donors (Lipinski definition) is 1. The van der Waals surface area contributed by atoms with Gasteiger partial charge in [0.25, 0.3) is 0 Å². The van der Waals surface area contributed by atoms with Crippen molar-refractivity contribution in [2.24, 2.45) is 5.16 Å². The van der Waals surface area contributed by atoms with E-state index in [4.69, 9.17) is 4.65 Å². The Kier molecular flexibility index (Phi) is 2.52. The highest BCUT2D eigenvalue weighted by Gasteiger charge is 2.28. The summed E-state index contributed by atoms with van der Waals surface area (Å²) >= 11 is 0. The van der Waals surface area contributed by atoms with Crippen LogP contribution in [0, 0.1) is 0 Å². The first-order valence-electron chi connectivity index (χ1n) is 4.31. The summed E-state index contributed by atoms with van der Waals surface area (Å²) in [6.45, 7) is 0.419. The van der Waals surface area contributed by atoms with Gasteiger partial charge in [0.2, 0.25) is 0 Å². The highest BCUT2D eigenvalue weighted by molar-refractivity contribution is 6.61. The zero-order chi connectivity index (χ0) is 9.97. The monoisotopic (exact) mass is 191 g/mol. The van der Waals surface area contributed by atoms with Crippen LogP contribution in [0.25, 0.3) is 0 Å². The molecule has 1 aliphatic rings. The van der Waals surface area contributed by atoms with Gasteiger partial charge in [-0.3, -0.25) is 0 Å². The minimum absolute atomic E-state index is 0.419. The lowest BCUT2D eigenvalue weighted by Gasteiger charge is -2.00. The molecule has 2 rings (SSSR count). The van der Waals surface area contributed by atoms with E-state index in [9.17, 15) is 5.02 Å². The molecule has 4 nitrogen and oxygen atoms in total. The van der Waals surface area contributed by atoms with Crippen molar-refractivity contribution < 1.29 is 14.5 Å². The number of benzene rings is 1. The molecule has 1 aromatic carbocycles. The molecule has 0 saturated heterocycles. The SMILES string of the molecule is CO/N=C/c1cccc2c1COB2O. The van der Waals surface area contributed by atoms with E-state index in [2.05, 4.69) is 9.99 Å². The molecule has 1 aliphatic heterocycles. The molecule has 5 heteroatoms. The lowest BCUT2D eigenvalue weighted by molar-refractivity contribution is 0.215. The Morgan fingerprint density at radius 2 is 2.50 bits per heavy atom. The molecule has 0 amide bonds. The molecule has 0 atom stereocenters. The standard InChI is InChI=1S/C9H10BNO3/c1-13-11-5-7-3-2-4-9-8(7)6-14-10(9)12/h2-5,12H,6H2,1H3/b11-5+. The summed E-state index contributed by atoms with van der Waals surface area (Å²) < 4.78 is 5.10. The third-order valence-electron chi connectivity index (χ3n) is 2.20. The summed E-state index contributed by atoms with van der Waals surface area (Å²) in [7, 11) is 0.686. The molecule has 0 unspecified atom stereocenters. The van der Waals surface area contributed by atoms with Crippen LogP contribution in [0.1, 0.15) is 11.1 Å². The maximum Gasteiger partial charge on any atom is 0.491 e. The Labute approximate surface area is 82.3 Å². The third-order valence-corrected chi connectivity index (χ3v) is 2.20. The highest BCUT2D eigenvalue weighted by atomic mass is 16.6. The van der Waals surface area contributed by atoms with Crippen molar-refractivity contribution >= 4 is 18.8 Å². The molecule has 1 heterocycles. The van der Waals surface area contributed by atoms with E-state index >= 15 is 0 Å². The first-order valence-corrected chi connectivity index (χ1v) is 4.31. The van der Waals surface area contributed by atoms with Crippen molar-refractivity contribution in [1.29, 1.82) is 0 Å². The molecule has 72 valence electrons. The van der Waals surface area contributed by atoms with E-state index in [1.165, 1.54) is 7.11 Å². The quantitative estimate of drug-likeness (QED) is 0.403. The van der Waals surface area contributed by atoms with E-state index in [0.29, 0.717) is 6.61 Å². The molecule has 0 spiro atoms. The number of nitrogens with zero attached hydrogens (tertiary/aromatic N) is 1. The van der Waals surface area contributed by atoms with Crippen molar-refractivity contribution in [3.8, 4) is 0 Å². The van der Waals surface area contributed by atoms with Gasteiger partial charge < -0.3 is 14.5 Å². The van der Waals surface area contributed by atoms with Crippen LogP contribution in [-0.4, -0.2) is 25.5 Å². The molecule has 0 bridgehead atoms. The molecular weight excluding hydrogens is 181 g/mol. The topological polar surface area (TPSA) is 51.0 Å². The first-order chi connectivity index (χ1) is 6.83. The molecule has 0 fully saturated rings. The van der Waals surface area contributed by atoms with Crippen LogP contribution in [0.4, 0.5) is 0 Å². The molecule has 0 aromatic heterocycles. The predicted molar refractivity (Wildman–Crippen MR) is 53.4 cm³/mol. The highest BCUT2D eigenvalue weighted by Crippen LogP contribution is 2.13. The Bertz CT molecular complexity index is 367. The third kappa shape index (κ3) is 1.52. The first kappa shape index (κ1) is 9.24. The average Bonchev–Trinajstić information content (AvgIpc) is 2.58. The van der Waals surface area contributed by atoms with Crippen LogP contribution in [0.5, 0.6) is 0 Å². The van der Waals surface area contributed by atoms with Gasteiger partial charge in [-0.15, -0.1) is 0 Å². The maximum atomic E-state index is 9.43. The normalized spacial score (nSPS) is 14.9. The number of oxime groups is 1. The van der Waals surface area contributed by atoms with Gasteiger partial charge in [0, 0.05) is 5.56 Å². The van der Waals surface area contributed by atoms with Crippen LogP contribution in [0.3, 0.4) is 0 Å². The van der Waals surface area contributed by atoms with Gasteiger partial charge in [-0.1, -0.05) is 23.4 Å². The molecule has 0 saturated carbocycles. The van der Waals surface area contributed by atoms with E-state index < -0.39 is 7.12 Å². The fourth-order valence-electron chi connectivity index (χ4n) is 1.50. The predicted octanol–water partition coefficient (Wildman–Crippen LogP) is -0.115. The van der Waals surface area contributed by atoms with Crippen molar-refractivity contribution in [1.82, 2.24) is 0 Å². The van der Waals surface area contributed by atoms with Crippen LogP contribution in [0.2, 0.25) is 0 Å².